The van der Waals surface area contributed by atoms with Gasteiger partial charge in [0.05, 0.1) is 12.3 Å². The summed E-state index contributed by atoms with van der Waals surface area (Å²) in [7, 11) is 0. The van der Waals surface area contributed by atoms with Crippen molar-refractivity contribution < 1.29 is 41.0 Å². The molecule has 25 heavy (non-hydrogen) atoms. The number of anilines is 1. The van der Waals surface area contributed by atoms with E-state index in [9.17, 15) is 31.5 Å². The van der Waals surface area contributed by atoms with Crippen molar-refractivity contribution in [3.8, 4) is 0 Å². The SMILES string of the molecule is CCOC(=O)[C@](NC(=O)Nc1ccc(F)cc1F)(OCC)C(F)(F)F. The van der Waals surface area contributed by atoms with Crippen molar-refractivity contribution in [3.63, 3.8) is 0 Å². The van der Waals surface area contributed by atoms with Gasteiger partial charge < -0.3 is 14.8 Å². The summed E-state index contributed by atoms with van der Waals surface area (Å²) < 4.78 is 75.2. The topological polar surface area (TPSA) is 76.7 Å². The number of halogens is 5. The van der Waals surface area contributed by atoms with Crippen molar-refractivity contribution in [1.29, 1.82) is 0 Å². The predicted octanol–water partition coefficient (Wildman–Crippen LogP) is 2.94. The molecule has 2 N–H and O–H groups in total. The second-order valence-electron chi connectivity index (χ2n) is 4.54. The third-order valence-electron chi connectivity index (χ3n) is 2.79. The summed E-state index contributed by atoms with van der Waals surface area (Å²) in [5.41, 5.74) is -4.38. The first-order chi connectivity index (χ1) is 11.6. The van der Waals surface area contributed by atoms with E-state index in [0.29, 0.717) is 6.07 Å². The summed E-state index contributed by atoms with van der Waals surface area (Å²) in [4.78, 5) is 23.6. The van der Waals surface area contributed by atoms with Crippen molar-refractivity contribution in [3.05, 3.63) is 29.8 Å². The van der Waals surface area contributed by atoms with Gasteiger partial charge in [0.25, 0.3) is 0 Å². The van der Waals surface area contributed by atoms with Crippen molar-refractivity contribution in [2.24, 2.45) is 0 Å². The molecule has 0 aromatic heterocycles. The van der Waals surface area contributed by atoms with Gasteiger partial charge in [-0.1, -0.05) is 0 Å². The quantitative estimate of drug-likeness (QED) is 0.459. The van der Waals surface area contributed by atoms with E-state index in [1.165, 1.54) is 19.2 Å². The monoisotopic (exact) mass is 370 g/mol. The molecule has 0 unspecified atom stereocenters. The van der Waals surface area contributed by atoms with E-state index in [2.05, 4.69) is 9.47 Å². The Kier molecular flexibility index (Phi) is 6.68. The highest BCUT2D eigenvalue weighted by atomic mass is 19.4. The van der Waals surface area contributed by atoms with Crippen LogP contribution in [0.4, 0.5) is 32.4 Å². The number of carbonyl (C=O) groups excluding carboxylic acids is 2. The van der Waals surface area contributed by atoms with Gasteiger partial charge in [0.15, 0.2) is 0 Å². The Balaban J connectivity index is 3.11. The van der Waals surface area contributed by atoms with Gasteiger partial charge in [-0.25, -0.2) is 18.4 Å². The fourth-order valence-corrected chi connectivity index (χ4v) is 1.77. The maximum absolute atomic E-state index is 13.5. The van der Waals surface area contributed by atoms with Gasteiger partial charge in [0, 0.05) is 12.7 Å². The van der Waals surface area contributed by atoms with Gasteiger partial charge in [-0.05, 0) is 26.0 Å². The standard InChI is InChI=1S/C14H15F5N2O4/c1-3-24-11(22)13(25-4-2,14(17,18)19)21-12(23)20-10-6-5-8(15)7-9(10)16/h5-7H,3-4H2,1-2H3,(H2,20,21,23)/t13-/m0/s1. The lowest BCUT2D eigenvalue weighted by atomic mass is 10.2. The Labute approximate surface area is 139 Å². The molecule has 1 aromatic carbocycles. The number of esters is 1. The van der Waals surface area contributed by atoms with Gasteiger partial charge >= 0.3 is 23.9 Å². The van der Waals surface area contributed by atoms with E-state index < -0.39 is 54.4 Å². The van der Waals surface area contributed by atoms with Crippen molar-refractivity contribution in [2.75, 3.05) is 18.5 Å². The van der Waals surface area contributed by atoms with E-state index in [0.717, 1.165) is 12.1 Å². The molecule has 0 aliphatic rings. The molecule has 1 atom stereocenters. The van der Waals surface area contributed by atoms with Crippen molar-refractivity contribution in [1.82, 2.24) is 5.32 Å². The molecule has 0 saturated heterocycles. The van der Waals surface area contributed by atoms with Gasteiger partial charge in [-0.15, -0.1) is 0 Å². The van der Waals surface area contributed by atoms with Crippen molar-refractivity contribution >= 4 is 17.7 Å². The van der Waals surface area contributed by atoms with Crippen LogP contribution < -0.4 is 10.6 Å². The summed E-state index contributed by atoms with van der Waals surface area (Å²) >= 11 is 0. The molecule has 0 radical (unpaired) electrons. The summed E-state index contributed by atoms with van der Waals surface area (Å²) in [6.45, 7) is 1.43. The minimum atomic E-state index is -5.37. The van der Waals surface area contributed by atoms with Crippen LogP contribution in [0.25, 0.3) is 0 Å². The first-order valence-electron chi connectivity index (χ1n) is 6.99. The first-order valence-corrected chi connectivity index (χ1v) is 6.99. The molecular formula is C14H15F5N2O4. The van der Waals surface area contributed by atoms with E-state index in [-0.39, 0.29) is 0 Å². The largest absolute Gasteiger partial charge is 0.462 e. The third kappa shape index (κ3) is 4.78. The van der Waals surface area contributed by atoms with Crippen molar-refractivity contribution in [2.45, 2.75) is 25.7 Å². The molecule has 11 heteroatoms. The Morgan fingerprint density at radius 3 is 2.24 bits per heavy atom. The number of amides is 2. The van der Waals surface area contributed by atoms with Gasteiger partial charge in [0.2, 0.25) is 0 Å². The van der Waals surface area contributed by atoms with Crippen LogP contribution in [0.1, 0.15) is 13.8 Å². The minimum absolute atomic E-state index is 0.403. The zero-order valence-corrected chi connectivity index (χ0v) is 13.2. The smallest absolute Gasteiger partial charge is 0.448 e. The summed E-state index contributed by atoms with van der Waals surface area (Å²) in [6, 6.07) is 0.388. The zero-order chi connectivity index (χ0) is 19.3. The van der Waals surface area contributed by atoms with Crippen LogP contribution in [0.5, 0.6) is 0 Å². The second-order valence-corrected chi connectivity index (χ2v) is 4.54. The third-order valence-corrected chi connectivity index (χ3v) is 2.79. The average Bonchev–Trinajstić information content (AvgIpc) is 2.48. The Morgan fingerprint density at radius 2 is 1.76 bits per heavy atom. The number of hydrogen-bond acceptors (Lipinski definition) is 4. The molecule has 0 spiro atoms. The average molecular weight is 370 g/mol. The number of ether oxygens (including phenoxy) is 2. The van der Waals surface area contributed by atoms with Crippen LogP contribution in [-0.2, 0) is 14.3 Å². The number of hydrogen-bond donors (Lipinski definition) is 2. The summed E-state index contributed by atoms with van der Waals surface area (Å²) in [6.07, 6.45) is -5.37. The zero-order valence-electron chi connectivity index (χ0n) is 13.2. The number of rotatable bonds is 6. The molecule has 0 heterocycles. The van der Waals surface area contributed by atoms with Gasteiger partial charge in [-0.2, -0.15) is 13.2 Å². The lowest BCUT2D eigenvalue weighted by Crippen LogP contribution is -2.67. The number of carbonyl (C=O) groups is 2. The van der Waals surface area contributed by atoms with E-state index in [1.807, 2.05) is 0 Å². The summed E-state index contributed by atoms with van der Waals surface area (Å²) in [5, 5.41) is 3.05. The molecule has 0 bridgehead atoms. The maximum Gasteiger partial charge on any atom is 0.448 e. The van der Waals surface area contributed by atoms with E-state index in [1.54, 1.807) is 5.32 Å². The van der Waals surface area contributed by atoms with Gasteiger partial charge in [0.1, 0.15) is 11.6 Å². The Hall–Kier alpha value is -2.43. The number of benzene rings is 1. The van der Waals surface area contributed by atoms with E-state index >= 15 is 0 Å². The van der Waals surface area contributed by atoms with Crippen LogP contribution in [0.2, 0.25) is 0 Å². The molecule has 0 fully saturated rings. The van der Waals surface area contributed by atoms with Crippen LogP contribution in [0.15, 0.2) is 18.2 Å². The van der Waals surface area contributed by atoms with Crippen LogP contribution in [0.3, 0.4) is 0 Å². The normalized spacial score (nSPS) is 13.7. The number of urea groups is 1. The van der Waals surface area contributed by atoms with Crippen LogP contribution >= 0.6 is 0 Å². The number of nitrogens with one attached hydrogen (secondary N) is 2. The second kappa shape index (κ2) is 8.10. The Morgan fingerprint density at radius 1 is 1.12 bits per heavy atom. The summed E-state index contributed by atoms with van der Waals surface area (Å²) in [5.74, 6) is -4.06. The molecule has 1 aromatic rings. The molecule has 2 amide bonds. The lowest BCUT2D eigenvalue weighted by molar-refractivity contribution is -0.282. The highest BCUT2D eigenvalue weighted by Gasteiger charge is 2.64. The molecule has 140 valence electrons. The molecule has 0 saturated carbocycles. The molecular weight excluding hydrogens is 355 g/mol. The molecule has 0 aliphatic carbocycles. The predicted molar refractivity (Wildman–Crippen MR) is 75.6 cm³/mol. The van der Waals surface area contributed by atoms with E-state index in [4.69, 9.17) is 0 Å². The van der Waals surface area contributed by atoms with Crippen LogP contribution in [0, 0.1) is 11.6 Å². The fourth-order valence-electron chi connectivity index (χ4n) is 1.77. The molecule has 1 rings (SSSR count). The van der Waals surface area contributed by atoms with Crippen LogP contribution in [-0.4, -0.2) is 37.1 Å². The maximum atomic E-state index is 13.5. The fraction of sp³-hybridized carbons (Fsp3) is 0.429. The molecule has 6 nitrogen and oxygen atoms in total. The number of alkyl halides is 3. The molecule has 0 aliphatic heterocycles. The Bertz CT molecular complexity index is 638. The van der Waals surface area contributed by atoms with Gasteiger partial charge in [-0.3, -0.25) is 5.32 Å². The first kappa shape index (κ1) is 20.6. The highest BCUT2D eigenvalue weighted by Crippen LogP contribution is 2.33. The minimum Gasteiger partial charge on any atom is -0.462 e. The highest BCUT2D eigenvalue weighted by molar-refractivity contribution is 5.94. The lowest BCUT2D eigenvalue weighted by Gasteiger charge is -2.33.